The molecule has 6 heteroatoms. The summed E-state index contributed by atoms with van der Waals surface area (Å²) in [6, 6.07) is 18.4. The molecule has 4 aromatic rings. The van der Waals surface area contributed by atoms with Gasteiger partial charge in [-0.05, 0) is 72.6 Å². The second-order valence-electron chi connectivity index (χ2n) is 7.39. The minimum atomic E-state index is -0.0995. The first-order chi connectivity index (χ1) is 14.3. The van der Waals surface area contributed by atoms with Gasteiger partial charge in [0.1, 0.15) is 0 Å². The molecular formula is C24H21N3O2S. The molecule has 0 aliphatic rings. The Labute approximate surface area is 178 Å². The van der Waals surface area contributed by atoms with E-state index in [0.29, 0.717) is 33.4 Å². The average Bonchev–Trinajstić information content (AvgIpc) is 2.74. The maximum absolute atomic E-state index is 12.7. The van der Waals surface area contributed by atoms with Gasteiger partial charge < -0.3 is 10.7 Å². The zero-order valence-corrected chi connectivity index (χ0v) is 17.5. The Bertz CT molecular complexity index is 1380. The Hall–Kier alpha value is -3.51. The molecule has 1 heterocycles. The van der Waals surface area contributed by atoms with Crippen LogP contribution in [0.2, 0.25) is 0 Å². The highest BCUT2D eigenvalue weighted by atomic mass is 32.1. The smallest absolute Gasteiger partial charge is 0.262 e. The van der Waals surface area contributed by atoms with Crippen LogP contribution in [0.1, 0.15) is 32.6 Å². The molecule has 3 aromatic carbocycles. The Morgan fingerprint density at radius 1 is 1.00 bits per heavy atom. The number of rotatable bonds is 4. The predicted molar refractivity (Wildman–Crippen MR) is 123 cm³/mol. The lowest BCUT2D eigenvalue weighted by Gasteiger charge is -2.11. The predicted octanol–water partition coefficient (Wildman–Crippen LogP) is 4.31. The number of hydrogen-bond acceptors (Lipinski definition) is 4. The summed E-state index contributed by atoms with van der Waals surface area (Å²) in [5.41, 5.74) is 11.2. The zero-order chi connectivity index (χ0) is 21.4. The second-order valence-corrected chi connectivity index (χ2v) is 7.78. The number of nitrogen functional groups attached to an aromatic ring is 1. The monoisotopic (exact) mass is 415 g/mol. The van der Waals surface area contributed by atoms with Gasteiger partial charge in [0, 0.05) is 23.9 Å². The Kier molecular flexibility index (Phi) is 5.10. The van der Waals surface area contributed by atoms with Crippen LogP contribution in [0.4, 0.5) is 5.69 Å². The van der Waals surface area contributed by atoms with E-state index in [1.807, 2.05) is 43.3 Å². The number of ketones is 1. The number of hydrogen-bond donors (Lipinski definition) is 2. The molecule has 150 valence electrons. The largest absolute Gasteiger partial charge is 0.399 e. The van der Waals surface area contributed by atoms with Crippen LogP contribution in [0.5, 0.6) is 0 Å². The molecule has 0 aliphatic carbocycles. The first-order valence-corrected chi connectivity index (χ1v) is 9.96. The van der Waals surface area contributed by atoms with E-state index in [1.54, 1.807) is 31.3 Å². The fraction of sp³-hybridized carbons (Fsp3) is 0.125. The molecule has 0 atom stereocenters. The molecule has 0 radical (unpaired) electrons. The number of H-pyrrole nitrogens is 1. The molecule has 0 aliphatic heterocycles. The number of anilines is 1. The van der Waals surface area contributed by atoms with E-state index in [2.05, 4.69) is 4.98 Å². The number of nitrogens with two attached hydrogens (primary N) is 1. The van der Waals surface area contributed by atoms with Crippen molar-refractivity contribution in [3.63, 3.8) is 0 Å². The number of nitrogens with one attached hydrogen (secondary N) is 1. The van der Waals surface area contributed by atoms with Crippen molar-refractivity contribution in [3.8, 4) is 0 Å². The average molecular weight is 416 g/mol. The Morgan fingerprint density at radius 3 is 2.23 bits per heavy atom. The van der Waals surface area contributed by atoms with Crippen LogP contribution in [0.15, 0.2) is 65.5 Å². The van der Waals surface area contributed by atoms with Gasteiger partial charge in [-0.2, -0.15) is 0 Å². The third kappa shape index (κ3) is 3.57. The van der Waals surface area contributed by atoms with Crippen molar-refractivity contribution in [3.05, 3.63) is 104 Å². The first-order valence-electron chi connectivity index (χ1n) is 9.56. The molecule has 1 aromatic heterocycles. The normalized spacial score (nSPS) is 11.0. The maximum atomic E-state index is 12.7. The van der Waals surface area contributed by atoms with Crippen molar-refractivity contribution < 1.29 is 4.79 Å². The summed E-state index contributed by atoms with van der Waals surface area (Å²) in [7, 11) is 1.67. The van der Waals surface area contributed by atoms with Crippen LogP contribution in [0.3, 0.4) is 0 Å². The van der Waals surface area contributed by atoms with E-state index in [4.69, 9.17) is 18.0 Å². The zero-order valence-electron chi connectivity index (χ0n) is 16.7. The number of carbonyl (C=O) groups is 1. The lowest BCUT2D eigenvalue weighted by atomic mass is 9.96. The lowest BCUT2D eigenvalue weighted by molar-refractivity contribution is 0.103. The Balaban J connectivity index is 1.63. The summed E-state index contributed by atoms with van der Waals surface area (Å²) >= 11 is 5.20. The van der Waals surface area contributed by atoms with Gasteiger partial charge in [-0.25, -0.2) is 0 Å². The van der Waals surface area contributed by atoms with Crippen LogP contribution in [-0.2, 0) is 13.5 Å². The maximum Gasteiger partial charge on any atom is 0.262 e. The van der Waals surface area contributed by atoms with Gasteiger partial charge in [-0.15, -0.1) is 0 Å². The summed E-state index contributed by atoms with van der Waals surface area (Å²) in [5, 5.41) is 0.652. The van der Waals surface area contributed by atoms with Crippen LogP contribution in [0.25, 0.3) is 10.9 Å². The highest BCUT2D eigenvalue weighted by Gasteiger charge is 2.12. The third-order valence-corrected chi connectivity index (χ3v) is 5.80. The van der Waals surface area contributed by atoms with Gasteiger partial charge in [-0.1, -0.05) is 30.3 Å². The minimum absolute atomic E-state index is 0.0396. The van der Waals surface area contributed by atoms with Crippen molar-refractivity contribution >= 4 is 34.6 Å². The number of fused-ring (bicyclic) bond motifs is 1. The summed E-state index contributed by atoms with van der Waals surface area (Å²) in [5.74, 6) is -0.0396. The fourth-order valence-corrected chi connectivity index (χ4v) is 3.77. The first kappa shape index (κ1) is 19.8. The van der Waals surface area contributed by atoms with Crippen LogP contribution in [0, 0.1) is 11.7 Å². The number of benzene rings is 3. The second kappa shape index (κ2) is 7.72. The molecule has 5 nitrogen and oxygen atoms in total. The van der Waals surface area contributed by atoms with Crippen molar-refractivity contribution in [2.75, 3.05) is 5.73 Å². The summed E-state index contributed by atoms with van der Waals surface area (Å²) in [6.45, 7) is 1.95. The van der Waals surface area contributed by atoms with Crippen LogP contribution >= 0.6 is 12.2 Å². The molecule has 0 unspecified atom stereocenters. The van der Waals surface area contributed by atoms with Crippen LogP contribution < -0.4 is 11.3 Å². The van der Waals surface area contributed by atoms with Crippen LogP contribution in [-0.4, -0.2) is 15.3 Å². The molecule has 0 fully saturated rings. The molecule has 3 N–H and O–H groups in total. The van der Waals surface area contributed by atoms with Gasteiger partial charge in [-0.3, -0.25) is 14.2 Å². The van der Waals surface area contributed by atoms with E-state index in [0.717, 1.165) is 22.2 Å². The van der Waals surface area contributed by atoms with Gasteiger partial charge in [0.05, 0.1) is 10.9 Å². The standard InChI is InChI=1S/C24H21N3O2S/c1-14-18(9-12-20-21(14)23(29)27(2)24(30)26-20)13-15-3-5-16(6-4-15)22(28)17-7-10-19(25)11-8-17/h3-12H,13,25H2,1-2H3,(H,26,30). The number of aryl methyl sites for hydroxylation is 1. The van der Waals surface area contributed by atoms with Crippen molar-refractivity contribution in [2.24, 2.45) is 7.05 Å². The SMILES string of the molecule is Cc1c(Cc2ccc(C(=O)c3ccc(N)cc3)cc2)ccc2[nH]c(=S)n(C)c(=O)c12. The lowest BCUT2D eigenvalue weighted by Crippen LogP contribution is -2.20. The topological polar surface area (TPSA) is 80.9 Å². The van der Waals surface area contributed by atoms with E-state index < -0.39 is 0 Å². The summed E-state index contributed by atoms with van der Waals surface area (Å²) in [6.07, 6.45) is 0.664. The number of nitrogens with zero attached hydrogens (tertiary/aromatic N) is 1. The highest BCUT2D eigenvalue weighted by molar-refractivity contribution is 7.71. The molecular weight excluding hydrogens is 394 g/mol. The van der Waals surface area contributed by atoms with E-state index in [1.165, 1.54) is 4.57 Å². The summed E-state index contributed by atoms with van der Waals surface area (Å²) in [4.78, 5) is 28.4. The molecule has 30 heavy (non-hydrogen) atoms. The summed E-state index contributed by atoms with van der Waals surface area (Å²) < 4.78 is 1.85. The fourth-order valence-electron chi connectivity index (χ4n) is 3.58. The molecule has 0 bridgehead atoms. The van der Waals surface area contributed by atoms with E-state index in [9.17, 15) is 9.59 Å². The molecule has 0 saturated carbocycles. The number of aromatic amines is 1. The molecule has 0 amide bonds. The third-order valence-electron chi connectivity index (χ3n) is 5.43. The minimum Gasteiger partial charge on any atom is -0.399 e. The van der Waals surface area contributed by atoms with Gasteiger partial charge >= 0.3 is 0 Å². The van der Waals surface area contributed by atoms with E-state index >= 15 is 0 Å². The van der Waals surface area contributed by atoms with Crippen molar-refractivity contribution in [1.29, 1.82) is 0 Å². The van der Waals surface area contributed by atoms with Gasteiger partial charge in [0.15, 0.2) is 10.6 Å². The van der Waals surface area contributed by atoms with Crippen molar-refractivity contribution in [1.82, 2.24) is 9.55 Å². The Morgan fingerprint density at radius 2 is 1.60 bits per heavy atom. The molecule has 0 spiro atoms. The van der Waals surface area contributed by atoms with Crippen molar-refractivity contribution in [2.45, 2.75) is 13.3 Å². The van der Waals surface area contributed by atoms with Gasteiger partial charge in [0.25, 0.3) is 5.56 Å². The quantitative estimate of drug-likeness (QED) is 0.296. The molecule has 0 saturated heterocycles. The highest BCUT2D eigenvalue weighted by Crippen LogP contribution is 2.21. The number of aromatic nitrogens is 2. The van der Waals surface area contributed by atoms with E-state index in [-0.39, 0.29) is 11.3 Å². The number of carbonyl (C=O) groups excluding carboxylic acids is 1. The molecule has 4 rings (SSSR count). The van der Waals surface area contributed by atoms with Gasteiger partial charge in [0.2, 0.25) is 0 Å².